The van der Waals surface area contributed by atoms with Crippen molar-refractivity contribution in [3.63, 3.8) is 0 Å². The summed E-state index contributed by atoms with van der Waals surface area (Å²) in [6, 6.07) is 9.04. The van der Waals surface area contributed by atoms with E-state index in [1.807, 2.05) is 30.3 Å². The maximum absolute atomic E-state index is 12.0. The van der Waals surface area contributed by atoms with E-state index in [2.05, 4.69) is 15.3 Å². The van der Waals surface area contributed by atoms with E-state index in [-0.39, 0.29) is 11.9 Å². The van der Waals surface area contributed by atoms with Crippen LogP contribution in [0.2, 0.25) is 0 Å². The van der Waals surface area contributed by atoms with Gasteiger partial charge >= 0.3 is 0 Å². The van der Waals surface area contributed by atoms with Crippen LogP contribution in [0.5, 0.6) is 0 Å². The van der Waals surface area contributed by atoms with Crippen LogP contribution in [0.15, 0.2) is 48.9 Å². The number of hydrogen-bond acceptors (Lipinski definition) is 4. The minimum Gasteiger partial charge on any atom is -0.382 e. The Bertz CT molecular complexity index is 531. The Kier molecular flexibility index (Phi) is 5.20. The zero-order valence-corrected chi connectivity index (χ0v) is 11.3. The first-order valence-electron chi connectivity index (χ1n) is 6.37. The Morgan fingerprint density at radius 2 is 2.20 bits per heavy atom. The number of aromatic nitrogens is 2. The molecule has 0 aliphatic rings. The predicted octanol–water partition coefficient (Wildman–Crippen LogP) is 1.52. The van der Waals surface area contributed by atoms with Crippen LogP contribution >= 0.6 is 0 Å². The fraction of sp³-hybridized carbons (Fsp3) is 0.267. The Morgan fingerprint density at radius 3 is 2.85 bits per heavy atom. The summed E-state index contributed by atoms with van der Waals surface area (Å²) in [5.74, 6) is -0.0781. The van der Waals surface area contributed by atoms with Crippen LogP contribution in [0, 0.1) is 0 Å². The van der Waals surface area contributed by atoms with Crippen molar-refractivity contribution in [1.29, 1.82) is 0 Å². The van der Waals surface area contributed by atoms with Gasteiger partial charge in [0.15, 0.2) is 0 Å². The molecule has 0 fully saturated rings. The lowest BCUT2D eigenvalue weighted by atomic mass is 10.1. The van der Waals surface area contributed by atoms with Gasteiger partial charge in [0, 0.05) is 25.7 Å². The monoisotopic (exact) mass is 271 g/mol. The van der Waals surface area contributed by atoms with Gasteiger partial charge in [-0.3, -0.25) is 14.8 Å². The van der Waals surface area contributed by atoms with E-state index < -0.39 is 0 Å². The average molecular weight is 271 g/mol. The van der Waals surface area contributed by atoms with Crippen LogP contribution in [0.4, 0.5) is 0 Å². The van der Waals surface area contributed by atoms with Crippen LogP contribution in [-0.2, 0) is 16.0 Å². The summed E-state index contributed by atoms with van der Waals surface area (Å²) in [4.78, 5) is 20.3. The van der Waals surface area contributed by atoms with Crippen molar-refractivity contribution in [2.45, 2.75) is 12.5 Å². The van der Waals surface area contributed by atoms with E-state index in [1.54, 1.807) is 25.7 Å². The van der Waals surface area contributed by atoms with Gasteiger partial charge in [0.2, 0.25) is 5.91 Å². The normalized spacial score (nSPS) is 11.8. The number of carbonyl (C=O) groups is 1. The zero-order chi connectivity index (χ0) is 14.2. The summed E-state index contributed by atoms with van der Waals surface area (Å²) in [6.45, 7) is 0.385. The second-order valence-electron chi connectivity index (χ2n) is 4.37. The molecule has 104 valence electrons. The molecule has 0 radical (unpaired) electrons. The molecule has 0 bridgehead atoms. The molecule has 0 saturated heterocycles. The molecular formula is C15H17N3O2. The van der Waals surface area contributed by atoms with E-state index in [0.29, 0.717) is 13.0 Å². The summed E-state index contributed by atoms with van der Waals surface area (Å²) in [6.07, 6.45) is 5.36. The number of rotatable bonds is 6. The average Bonchev–Trinajstić information content (AvgIpc) is 2.49. The highest BCUT2D eigenvalue weighted by molar-refractivity contribution is 5.78. The molecule has 0 spiro atoms. The van der Waals surface area contributed by atoms with Crippen molar-refractivity contribution < 1.29 is 9.53 Å². The Balaban J connectivity index is 1.99. The first-order valence-corrected chi connectivity index (χ1v) is 6.37. The number of methoxy groups -OCH3 is 1. The molecule has 2 aromatic rings. The van der Waals surface area contributed by atoms with Crippen LogP contribution in [0.1, 0.15) is 17.3 Å². The summed E-state index contributed by atoms with van der Waals surface area (Å²) < 4.78 is 5.14. The van der Waals surface area contributed by atoms with Gasteiger partial charge in [-0.1, -0.05) is 12.1 Å². The van der Waals surface area contributed by atoms with E-state index in [4.69, 9.17) is 4.74 Å². The number of nitrogens with zero attached hydrogens (tertiary/aromatic N) is 2. The molecule has 2 rings (SSSR count). The smallest absolute Gasteiger partial charge is 0.225 e. The summed E-state index contributed by atoms with van der Waals surface area (Å²) in [5.41, 5.74) is 1.66. The molecule has 1 amide bonds. The molecule has 1 N–H and O–H groups in total. The minimum absolute atomic E-state index is 0.0781. The van der Waals surface area contributed by atoms with Crippen LogP contribution in [0.3, 0.4) is 0 Å². The molecule has 0 aliphatic heterocycles. The lowest BCUT2D eigenvalue weighted by Gasteiger charge is -2.17. The van der Waals surface area contributed by atoms with Gasteiger partial charge in [-0.15, -0.1) is 0 Å². The standard InChI is InChI=1S/C15H17N3O2/c1-20-11-14(13-6-2-3-8-17-13)18-15(19)9-12-5-4-7-16-10-12/h2-8,10,14H,9,11H2,1H3,(H,18,19)/t14-/m0/s1. The summed E-state index contributed by atoms with van der Waals surface area (Å²) in [7, 11) is 1.60. The summed E-state index contributed by atoms with van der Waals surface area (Å²) in [5, 5.41) is 2.93. The number of nitrogens with one attached hydrogen (secondary N) is 1. The lowest BCUT2D eigenvalue weighted by molar-refractivity contribution is -0.121. The van der Waals surface area contributed by atoms with Crippen LogP contribution in [-0.4, -0.2) is 29.6 Å². The van der Waals surface area contributed by atoms with Gasteiger partial charge in [-0.25, -0.2) is 0 Å². The molecule has 0 aliphatic carbocycles. The largest absolute Gasteiger partial charge is 0.382 e. The van der Waals surface area contributed by atoms with Gasteiger partial charge in [-0.05, 0) is 23.8 Å². The van der Waals surface area contributed by atoms with E-state index >= 15 is 0 Å². The predicted molar refractivity (Wildman–Crippen MR) is 74.9 cm³/mol. The van der Waals surface area contributed by atoms with Gasteiger partial charge < -0.3 is 10.1 Å². The molecule has 20 heavy (non-hydrogen) atoms. The van der Waals surface area contributed by atoms with Crippen molar-refractivity contribution in [3.8, 4) is 0 Å². The van der Waals surface area contributed by atoms with E-state index in [0.717, 1.165) is 11.3 Å². The Morgan fingerprint density at radius 1 is 1.30 bits per heavy atom. The zero-order valence-electron chi connectivity index (χ0n) is 11.3. The van der Waals surface area contributed by atoms with Crippen molar-refractivity contribution >= 4 is 5.91 Å². The molecular weight excluding hydrogens is 254 g/mol. The Hall–Kier alpha value is -2.27. The van der Waals surface area contributed by atoms with Crippen molar-refractivity contribution in [2.24, 2.45) is 0 Å². The fourth-order valence-corrected chi connectivity index (χ4v) is 1.88. The molecule has 0 unspecified atom stereocenters. The number of pyridine rings is 2. The Labute approximate surface area is 118 Å². The second kappa shape index (κ2) is 7.35. The number of amides is 1. The molecule has 1 atom stereocenters. The van der Waals surface area contributed by atoms with Gasteiger partial charge in [0.05, 0.1) is 24.8 Å². The third-order valence-corrected chi connectivity index (χ3v) is 2.80. The fourth-order valence-electron chi connectivity index (χ4n) is 1.88. The molecule has 2 heterocycles. The third kappa shape index (κ3) is 4.13. The van der Waals surface area contributed by atoms with Gasteiger partial charge in [0.25, 0.3) is 0 Å². The molecule has 0 aromatic carbocycles. The SMILES string of the molecule is COC[C@H](NC(=O)Cc1cccnc1)c1ccccn1. The highest BCUT2D eigenvalue weighted by atomic mass is 16.5. The minimum atomic E-state index is -0.245. The van der Waals surface area contributed by atoms with Gasteiger partial charge in [-0.2, -0.15) is 0 Å². The molecule has 5 heteroatoms. The van der Waals surface area contributed by atoms with E-state index in [1.165, 1.54) is 0 Å². The molecule has 2 aromatic heterocycles. The molecule has 5 nitrogen and oxygen atoms in total. The molecule has 0 saturated carbocycles. The second-order valence-corrected chi connectivity index (χ2v) is 4.37. The maximum atomic E-state index is 12.0. The highest BCUT2D eigenvalue weighted by Gasteiger charge is 2.15. The quantitative estimate of drug-likeness (QED) is 0.865. The number of hydrogen-bond donors (Lipinski definition) is 1. The van der Waals surface area contributed by atoms with Crippen LogP contribution < -0.4 is 5.32 Å². The number of carbonyl (C=O) groups excluding carboxylic acids is 1. The van der Waals surface area contributed by atoms with Gasteiger partial charge in [0.1, 0.15) is 0 Å². The van der Waals surface area contributed by atoms with Crippen molar-refractivity contribution in [1.82, 2.24) is 15.3 Å². The summed E-state index contributed by atoms with van der Waals surface area (Å²) >= 11 is 0. The van der Waals surface area contributed by atoms with Crippen molar-refractivity contribution in [2.75, 3.05) is 13.7 Å². The first kappa shape index (κ1) is 14.1. The van der Waals surface area contributed by atoms with Crippen LogP contribution in [0.25, 0.3) is 0 Å². The number of ether oxygens (including phenoxy) is 1. The highest BCUT2D eigenvalue weighted by Crippen LogP contribution is 2.10. The first-order chi connectivity index (χ1) is 9.79. The third-order valence-electron chi connectivity index (χ3n) is 2.80. The topological polar surface area (TPSA) is 64.1 Å². The maximum Gasteiger partial charge on any atom is 0.225 e. The lowest BCUT2D eigenvalue weighted by Crippen LogP contribution is -2.33. The van der Waals surface area contributed by atoms with E-state index in [9.17, 15) is 4.79 Å². The van der Waals surface area contributed by atoms with Crippen molar-refractivity contribution in [3.05, 3.63) is 60.2 Å².